The lowest BCUT2D eigenvalue weighted by Gasteiger charge is -2.34. The third-order valence-corrected chi connectivity index (χ3v) is 4.84. The molecule has 4 nitrogen and oxygen atoms in total. The van der Waals surface area contributed by atoms with Crippen LogP contribution in [0.2, 0.25) is 0 Å². The monoisotopic (exact) mass is 294 g/mol. The van der Waals surface area contributed by atoms with E-state index < -0.39 is 0 Å². The van der Waals surface area contributed by atoms with Crippen LogP contribution in [0.25, 0.3) is 0 Å². The normalized spacial score (nSPS) is 33.2. The van der Waals surface area contributed by atoms with Gasteiger partial charge in [0.1, 0.15) is 0 Å². The van der Waals surface area contributed by atoms with Gasteiger partial charge in [-0.05, 0) is 30.6 Å². The van der Waals surface area contributed by atoms with E-state index in [0.29, 0.717) is 13.0 Å². The SMILES string of the molecule is CC1CCC2(CC1)OC[C@H](CNCC(C)(C)CCC#N)O2. The van der Waals surface area contributed by atoms with Crippen molar-refractivity contribution in [2.45, 2.75) is 71.2 Å². The Balaban J connectivity index is 1.68. The lowest BCUT2D eigenvalue weighted by molar-refractivity contribution is -0.191. The van der Waals surface area contributed by atoms with Crippen molar-refractivity contribution in [1.29, 1.82) is 5.26 Å². The summed E-state index contributed by atoms with van der Waals surface area (Å²) in [7, 11) is 0. The number of rotatable bonds is 6. The van der Waals surface area contributed by atoms with Crippen LogP contribution >= 0.6 is 0 Å². The van der Waals surface area contributed by atoms with Crippen LogP contribution < -0.4 is 5.32 Å². The van der Waals surface area contributed by atoms with Gasteiger partial charge in [0, 0.05) is 32.4 Å². The molecule has 2 aliphatic rings. The Morgan fingerprint density at radius 1 is 1.33 bits per heavy atom. The van der Waals surface area contributed by atoms with Gasteiger partial charge in [-0.25, -0.2) is 0 Å². The smallest absolute Gasteiger partial charge is 0.168 e. The highest BCUT2D eigenvalue weighted by molar-refractivity contribution is 4.85. The van der Waals surface area contributed by atoms with Crippen LogP contribution in [0.4, 0.5) is 0 Å². The first-order chi connectivity index (χ1) is 9.95. The molecule has 120 valence electrons. The first-order valence-corrected chi connectivity index (χ1v) is 8.34. The zero-order valence-electron chi connectivity index (χ0n) is 13.8. The van der Waals surface area contributed by atoms with Gasteiger partial charge < -0.3 is 14.8 Å². The molecule has 2 fully saturated rings. The Morgan fingerprint density at radius 3 is 2.71 bits per heavy atom. The Bertz CT molecular complexity index is 367. The van der Waals surface area contributed by atoms with Gasteiger partial charge in [0.15, 0.2) is 5.79 Å². The molecule has 1 atom stereocenters. The Kier molecular flexibility index (Phi) is 5.65. The van der Waals surface area contributed by atoms with E-state index in [9.17, 15) is 0 Å². The van der Waals surface area contributed by atoms with Gasteiger partial charge in [0.25, 0.3) is 0 Å². The topological polar surface area (TPSA) is 54.3 Å². The largest absolute Gasteiger partial charge is 0.347 e. The second-order valence-corrected chi connectivity index (χ2v) is 7.60. The predicted molar refractivity (Wildman–Crippen MR) is 82.7 cm³/mol. The summed E-state index contributed by atoms with van der Waals surface area (Å²) in [4.78, 5) is 0. The molecule has 4 heteroatoms. The summed E-state index contributed by atoms with van der Waals surface area (Å²) in [6, 6.07) is 2.23. The molecule has 1 heterocycles. The lowest BCUT2D eigenvalue weighted by atomic mass is 9.86. The summed E-state index contributed by atoms with van der Waals surface area (Å²) in [5.74, 6) is 0.524. The van der Waals surface area contributed by atoms with E-state index in [0.717, 1.165) is 38.3 Å². The molecule has 0 unspecified atom stereocenters. The minimum atomic E-state index is -0.283. The molecule has 1 saturated heterocycles. The van der Waals surface area contributed by atoms with Crippen molar-refractivity contribution in [2.24, 2.45) is 11.3 Å². The first-order valence-electron chi connectivity index (χ1n) is 8.34. The van der Waals surface area contributed by atoms with Crippen molar-refractivity contribution >= 4 is 0 Å². The second-order valence-electron chi connectivity index (χ2n) is 7.60. The molecule has 1 aliphatic carbocycles. The van der Waals surface area contributed by atoms with Crippen LogP contribution in [-0.4, -0.2) is 31.6 Å². The maximum absolute atomic E-state index is 8.68. The van der Waals surface area contributed by atoms with Crippen molar-refractivity contribution in [3.8, 4) is 6.07 Å². The highest BCUT2D eigenvalue weighted by atomic mass is 16.7. The summed E-state index contributed by atoms with van der Waals surface area (Å²) >= 11 is 0. The van der Waals surface area contributed by atoms with Gasteiger partial charge >= 0.3 is 0 Å². The number of hydrogen-bond acceptors (Lipinski definition) is 4. The molecule has 0 aromatic rings. The van der Waals surface area contributed by atoms with Crippen molar-refractivity contribution in [2.75, 3.05) is 19.7 Å². The fourth-order valence-corrected chi connectivity index (χ4v) is 3.24. The molecule has 1 spiro atoms. The molecule has 1 aliphatic heterocycles. The highest BCUT2D eigenvalue weighted by Gasteiger charge is 2.43. The standard InChI is InChI=1S/C17H30N2O2/c1-14-5-8-17(9-6-14)20-12-15(21-17)11-19-13-16(2,3)7-4-10-18/h14-15,19H,4-9,11-13H2,1-3H3/t14?,15-,17?/m0/s1. The summed E-state index contributed by atoms with van der Waals surface area (Å²) in [5.41, 5.74) is 0.160. The molecule has 0 radical (unpaired) electrons. The number of nitrogens with one attached hydrogen (secondary N) is 1. The summed E-state index contributed by atoms with van der Waals surface area (Å²) in [6.45, 7) is 9.18. The molecular weight excluding hydrogens is 264 g/mol. The molecule has 1 N–H and O–H groups in total. The van der Waals surface area contributed by atoms with Crippen LogP contribution in [0, 0.1) is 22.7 Å². The Hall–Kier alpha value is -0.630. The number of ether oxygens (including phenoxy) is 2. The minimum absolute atomic E-state index is 0.160. The summed E-state index contributed by atoms with van der Waals surface area (Å²) in [6.07, 6.45) is 6.23. The molecule has 0 bridgehead atoms. The van der Waals surface area contributed by atoms with E-state index in [1.807, 2.05) is 0 Å². The maximum Gasteiger partial charge on any atom is 0.168 e. The van der Waals surface area contributed by atoms with Crippen LogP contribution in [0.5, 0.6) is 0 Å². The van der Waals surface area contributed by atoms with Gasteiger partial charge in [-0.3, -0.25) is 0 Å². The van der Waals surface area contributed by atoms with Gasteiger partial charge in [0.05, 0.1) is 18.8 Å². The third kappa shape index (κ3) is 4.95. The average molecular weight is 294 g/mol. The van der Waals surface area contributed by atoms with Crippen LogP contribution in [0.1, 0.15) is 59.3 Å². The minimum Gasteiger partial charge on any atom is -0.347 e. The van der Waals surface area contributed by atoms with Crippen LogP contribution in [0.15, 0.2) is 0 Å². The van der Waals surface area contributed by atoms with E-state index in [1.165, 1.54) is 12.8 Å². The quantitative estimate of drug-likeness (QED) is 0.817. The Labute approximate surface area is 129 Å². The molecule has 0 aromatic heterocycles. The number of hydrogen-bond donors (Lipinski definition) is 1. The van der Waals surface area contributed by atoms with Crippen LogP contribution in [0.3, 0.4) is 0 Å². The molecular formula is C17H30N2O2. The van der Waals surface area contributed by atoms with E-state index >= 15 is 0 Å². The number of nitriles is 1. The van der Waals surface area contributed by atoms with E-state index in [2.05, 4.69) is 32.2 Å². The molecule has 2 rings (SSSR count). The van der Waals surface area contributed by atoms with Crippen molar-refractivity contribution in [3.63, 3.8) is 0 Å². The lowest BCUT2D eigenvalue weighted by Crippen LogP contribution is -2.38. The van der Waals surface area contributed by atoms with E-state index in [-0.39, 0.29) is 17.3 Å². The van der Waals surface area contributed by atoms with Gasteiger partial charge in [-0.15, -0.1) is 0 Å². The van der Waals surface area contributed by atoms with Crippen molar-refractivity contribution < 1.29 is 9.47 Å². The second kappa shape index (κ2) is 7.09. The summed E-state index contributed by atoms with van der Waals surface area (Å²) in [5, 5.41) is 12.2. The van der Waals surface area contributed by atoms with Crippen molar-refractivity contribution in [3.05, 3.63) is 0 Å². The van der Waals surface area contributed by atoms with E-state index in [1.54, 1.807) is 0 Å². The molecule has 0 amide bonds. The van der Waals surface area contributed by atoms with Crippen LogP contribution in [-0.2, 0) is 9.47 Å². The highest BCUT2D eigenvalue weighted by Crippen LogP contribution is 2.39. The number of nitrogens with zero attached hydrogens (tertiary/aromatic N) is 1. The molecule has 0 aromatic carbocycles. The van der Waals surface area contributed by atoms with Gasteiger partial charge in [-0.2, -0.15) is 5.26 Å². The van der Waals surface area contributed by atoms with E-state index in [4.69, 9.17) is 14.7 Å². The zero-order valence-corrected chi connectivity index (χ0v) is 13.8. The first kappa shape index (κ1) is 16.7. The summed E-state index contributed by atoms with van der Waals surface area (Å²) < 4.78 is 12.2. The van der Waals surface area contributed by atoms with Gasteiger partial charge in [-0.1, -0.05) is 20.8 Å². The maximum atomic E-state index is 8.68. The molecule has 21 heavy (non-hydrogen) atoms. The fraction of sp³-hybridized carbons (Fsp3) is 0.941. The molecule has 1 saturated carbocycles. The third-order valence-electron chi connectivity index (χ3n) is 4.84. The Morgan fingerprint density at radius 2 is 2.05 bits per heavy atom. The average Bonchev–Trinajstić information content (AvgIpc) is 2.84. The van der Waals surface area contributed by atoms with Gasteiger partial charge in [0.2, 0.25) is 0 Å². The fourth-order valence-electron chi connectivity index (χ4n) is 3.24. The zero-order chi connectivity index (χ0) is 15.3. The predicted octanol–water partition coefficient (Wildman–Crippen LogP) is 3.23. The van der Waals surface area contributed by atoms with Crippen molar-refractivity contribution in [1.82, 2.24) is 5.32 Å².